The average Bonchev–Trinajstić information content (AvgIpc) is 2.42. The molecule has 0 aromatic heterocycles. The lowest BCUT2D eigenvalue weighted by molar-refractivity contribution is -0.142. The molecule has 0 aliphatic heterocycles. The van der Waals surface area contributed by atoms with E-state index in [-0.39, 0.29) is 6.61 Å². The van der Waals surface area contributed by atoms with Gasteiger partial charge in [0.1, 0.15) is 12.6 Å². The Kier molecular flexibility index (Phi) is 5.33. The highest BCUT2D eigenvalue weighted by molar-refractivity contribution is 6.19. The van der Waals surface area contributed by atoms with Crippen LogP contribution < -0.4 is 5.32 Å². The van der Waals surface area contributed by atoms with Crippen molar-refractivity contribution in [1.82, 2.24) is 5.32 Å². The molecule has 0 unspecified atom stereocenters. The fraction of sp³-hybridized carbons (Fsp3) is 0.333. The summed E-state index contributed by atoms with van der Waals surface area (Å²) < 4.78 is 16.6. The van der Waals surface area contributed by atoms with Crippen LogP contribution in [0.4, 0.5) is 4.79 Å². The topological polar surface area (TPSA) is 64.6 Å². The molecule has 0 aliphatic rings. The van der Waals surface area contributed by atoms with Gasteiger partial charge in [-0.1, -0.05) is 30.3 Å². The number of halogens is 1. The number of esters is 1. The molecule has 1 N–H and O–H groups in total. The summed E-state index contributed by atoms with van der Waals surface area (Å²) in [6, 6.07) is 7.78. The summed E-state index contributed by atoms with van der Waals surface area (Å²) in [6.07, 6.45) is -0.836. The molecule has 0 saturated carbocycles. The van der Waals surface area contributed by atoms with E-state index in [1.807, 2.05) is 18.2 Å². The Balaban J connectivity index is 2.47. The third-order valence-corrected chi connectivity index (χ3v) is 2.32. The summed E-state index contributed by atoms with van der Waals surface area (Å²) in [7, 11) is 1.14. The molecule has 98 valence electrons. The number of hydrogen-bond donors (Lipinski definition) is 1. The maximum atomic E-state index is 11.5. The molecular formula is C12H14ClNO4. The van der Waals surface area contributed by atoms with Crippen molar-refractivity contribution in [1.29, 1.82) is 0 Å². The number of rotatable bonds is 5. The van der Waals surface area contributed by atoms with Gasteiger partial charge in [0.15, 0.2) is 0 Å². The summed E-state index contributed by atoms with van der Waals surface area (Å²) >= 11 is 5.47. The number of nitrogens with one attached hydrogen (secondary N) is 1. The fourth-order valence-electron chi connectivity index (χ4n) is 1.16. The Bertz CT molecular complexity index is 427. The third kappa shape index (κ3) is 4.63. The summed E-state index contributed by atoms with van der Waals surface area (Å²) in [6.45, 7) is 0.0610. The second kappa shape index (κ2) is 7.55. The van der Waals surface area contributed by atoms with Crippen molar-refractivity contribution in [2.75, 3.05) is 13.0 Å². The van der Waals surface area contributed by atoms with Crippen LogP contribution in [0.5, 0.6) is 0 Å². The highest BCUT2D eigenvalue weighted by Crippen LogP contribution is 2.01. The molecule has 0 bridgehead atoms. The minimum atomic E-state index is -1.35. The van der Waals surface area contributed by atoms with Crippen molar-refractivity contribution in [2.24, 2.45) is 0 Å². The van der Waals surface area contributed by atoms with E-state index < -0.39 is 24.0 Å². The van der Waals surface area contributed by atoms with Crippen LogP contribution in [0.2, 0.25) is 0 Å². The smallest absolute Gasteiger partial charge is 0.408 e. The van der Waals surface area contributed by atoms with E-state index in [9.17, 15) is 9.59 Å². The van der Waals surface area contributed by atoms with Crippen LogP contribution in [-0.2, 0) is 20.9 Å². The molecule has 0 fully saturated rings. The quantitative estimate of drug-likeness (QED) is 0.654. The number of carbonyl (C=O) groups excluding carboxylic acids is 2. The molecule has 1 rings (SSSR count). The van der Waals surface area contributed by atoms with Gasteiger partial charge < -0.3 is 14.8 Å². The normalized spacial score (nSPS) is 14.0. The van der Waals surface area contributed by atoms with Crippen LogP contribution in [0.25, 0.3) is 0 Å². The summed E-state index contributed by atoms with van der Waals surface area (Å²) in [5.74, 6) is -2.15. The number of ether oxygens (including phenoxy) is 2. The van der Waals surface area contributed by atoms with E-state index in [1.54, 1.807) is 12.1 Å². The van der Waals surface area contributed by atoms with Gasteiger partial charge in [-0.05, 0) is 5.56 Å². The third-order valence-electron chi connectivity index (χ3n) is 2.07. The van der Waals surface area contributed by atoms with Gasteiger partial charge >= 0.3 is 12.1 Å². The molecule has 1 amide bonds. The first-order valence-corrected chi connectivity index (χ1v) is 5.59. The zero-order valence-electron chi connectivity index (χ0n) is 10.8. The molecule has 18 heavy (non-hydrogen) atoms. The summed E-state index contributed by atoms with van der Waals surface area (Å²) in [5, 5.41) is 2.18. The van der Waals surface area contributed by atoms with Gasteiger partial charge in [-0.25, -0.2) is 9.59 Å². The molecule has 0 radical (unpaired) electrons. The SMILES string of the molecule is [2H][C@@H](Cl)[C@H](NC(=O)OCc1ccccc1)C(=O)OC. The second-order valence-electron chi connectivity index (χ2n) is 3.33. The average molecular weight is 273 g/mol. The first-order chi connectivity index (χ1) is 9.04. The van der Waals surface area contributed by atoms with Gasteiger partial charge in [0.25, 0.3) is 0 Å². The van der Waals surface area contributed by atoms with E-state index in [4.69, 9.17) is 17.7 Å². The molecule has 0 heterocycles. The zero-order chi connectivity index (χ0) is 14.3. The molecule has 2 atom stereocenters. The lowest BCUT2D eigenvalue weighted by atomic mass is 10.2. The van der Waals surface area contributed by atoms with E-state index >= 15 is 0 Å². The fourth-order valence-corrected chi connectivity index (χ4v) is 1.33. The van der Waals surface area contributed by atoms with E-state index in [2.05, 4.69) is 10.1 Å². The number of hydrogen-bond acceptors (Lipinski definition) is 4. The van der Waals surface area contributed by atoms with Gasteiger partial charge in [-0.15, -0.1) is 11.6 Å². The minimum Gasteiger partial charge on any atom is -0.467 e. The first kappa shape index (κ1) is 12.7. The number of alkyl carbamates (subject to hydrolysis) is 1. The first-order valence-electron chi connectivity index (χ1n) is 5.73. The van der Waals surface area contributed by atoms with Crippen LogP contribution in [0.3, 0.4) is 0 Å². The molecule has 1 aromatic carbocycles. The lowest BCUT2D eigenvalue weighted by Crippen LogP contribution is -2.43. The van der Waals surface area contributed by atoms with Crippen molar-refractivity contribution in [3.63, 3.8) is 0 Å². The molecule has 6 heteroatoms. The molecule has 1 aromatic rings. The molecule has 5 nitrogen and oxygen atoms in total. The van der Waals surface area contributed by atoms with Gasteiger partial charge in [0.05, 0.1) is 13.0 Å². The number of methoxy groups -OCH3 is 1. The van der Waals surface area contributed by atoms with Crippen LogP contribution in [0, 0.1) is 0 Å². The number of alkyl halides is 1. The number of benzene rings is 1. The van der Waals surface area contributed by atoms with Gasteiger partial charge in [-0.3, -0.25) is 0 Å². The van der Waals surface area contributed by atoms with Crippen molar-refractivity contribution in [3.8, 4) is 0 Å². The Morgan fingerprint density at radius 1 is 1.44 bits per heavy atom. The monoisotopic (exact) mass is 272 g/mol. The summed E-state index contributed by atoms with van der Waals surface area (Å²) in [5.41, 5.74) is 0.806. The molecular weight excluding hydrogens is 258 g/mol. The zero-order valence-corrected chi connectivity index (χ0v) is 10.5. The van der Waals surface area contributed by atoms with Crippen molar-refractivity contribution < 1.29 is 20.4 Å². The van der Waals surface area contributed by atoms with Gasteiger partial charge in [0, 0.05) is 1.37 Å². The maximum absolute atomic E-state index is 11.5. The summed E-state index contributed by atoms with van der Waals surface area (Å²) in [4.78, 5) is 22.7. The lowest BCUT2D eigenvalue weighted by Gasteiger charge is -2.13. The van der Waals surface area contributed by atoms with E-state index in [1.165, 1.54) is 0 Å². The van der Waals surface area contributed by atoms with Crippen LogP contribution in [0.1, 0.15) is 6.93 Å². The van der Waals surface area contributed by atoms with E-state index in [0.717, 1.165) is 12.7 Å². The van der Waals surface area contributed by atoms with Crippen molar-refractivity contribution in [2.45, 2.75) is 12.6 Å². The second-order valence-corrected chi connectivity index (χ2v) is 3.58. The van der Waals surface area contributed by atoms with Crippen LogP contribution in [-0.4, -0.2) is 31.1 Å². The van der Waals surface area contributed by atoms with E-state index in [0.29, 0.717) is 0 Å². The van der Waals surface area contributed by atoms with Crippen molar-refractivity contribution >= 4 is 23.7 Å². The Hall–Kier alpha value is -1.75. The Morgan fingerprint density at radius 3 is 2.67 bits per heavy atom. The largest absolute Gasteiger partial charge is 0.467 e. The van der Waals surface area contributed by atoms with Gasteiger partial charge in [-0.2, -0.15) is 0 Å². The highest BCUT2D eigenvalue weighted by Gasteiger charge is 2.20. The maximum Gasteiger partial charge on any atom is 0.408 e. The number of carbonyl (C=O) groups is 2. The standard InChI is InChI=1S/C12H14ClNO4/c1-17-11(15)10(7-13)14-12(16)18-8-9-5-3-2-4-6-9/h2-6,10H,7-8H2,1H3,(H,14,16)/t10-/m0/s1/i7D/t7-,10+/m1. The predicted octanol–water partition coefficient (Wildman–Crippen LogP) is 1.69. The van der Waals surface area contributed by atoms with Crippen LogP contribution in [0.15, 0.2) is 30.3 Å². The number of amides is 1. The molecule has 0 saturated heterocycles. The predicted molar refractivity (Wildman–Crippen MR) is 66.3 cm³/mol. The highest BCUT2D eigenvalue weighted by atomic mass is 35.5. The molecule has 0 spiro atoms. The Labute approximate surface area is 111 Å². The van der Waals surface area contributed by atoms with Gasteiger partial charge in [0.2, 0.25) is 0 Å². The van der Waals surface area contributed by atoms with Crippen molar-refractivity contribution in [3.05, 3.63) is 35.9 Å². The minimum absolute atomic E-state index is 0.0610. The molecule has 0 aliphatic carbocycles. The van der Waals surface area contributed by atoms with Crippen LogP contribution >= 0.6 is 11.6 Å². The Morgan fingerprint density at radius 2 is 2.11 bits per heavy atom.